The van der Waals surface area contributed by atoms with Gasteiger partial charge in [0, 0.05) is 17.9 Å². The average Bonchev–Trinajstić information content (AvgIpc) is 2.67. The van der Waals surface area contributed by atoms with E-state index in [1.165, 1.54) is 6.26 Å². The van der Waals surface area contributed by atoms with Crippen molar-refractivity contribution in [1.82, 2.24) is 4.98 Å². The van der Waals surface area contributed by atoms with Gasteiger partial charge in [-0.3, -0.25) is 4.79 Å². The summed E-state index contributed by atoms with van der Waals surface area (Å²) in [6.45, 7) is 1.08. The van der Waals surface area contributed by atoms with E-state index in [0.29, 0.717) is 5.69 Å². The molecule has 1 aromatic rings. The lowest BCUT2D eigenvalue weighted by Crippen LogP contribution is -1.88. The molecule has 0 unspecified atom stereocenters. The Morgan fingerprint density at radius 2 is 2.00 bits per heavy atom. The molecule has 0 bridgehead atoms. The minimum Gasteiger partial charge on any atom is -0.481 e. The summed E-state index contributed by atoms with van der Waals surface area (Å²) >= 11 is 0. The number of nitrogens with two attached hydrogens (primary N) is 1. The molecule has 5 heteroatoms. The Bertz CT molecular complexity index is 656. The predicted molar refractivity (Wildman–Crippen MR) is 68.4 cm³/mol. The highest BCUT2D eigenvalue weighted by atomic mass is 16.4. The number of carbonyl (C=O) groups is 1. The fourth-order valence-corrected chi connectivity index (χ4v) is 1.73. The summed E-state index contributed by atoms with van der Waals surface area (Å²) in [6.07, 6.45) is 3.15. The smallest absolute Gasteiger partial charge is 0.300 e. The number of rotatable bonds is 0. The lowest BCUT2D eigenvalue weighted by atomic mass is 10.1. The van der Waals surface area contributed by atoms with E-state index in [1.807, 2.05) is 24.3 Å². The third-order valence-corrected chi connectivity index (χ3v) is 2.33. The molecule has 0 atom stereocenters. The zero-order chi connectivity index (χ0) is 13.1. The first-order valence-corrected chi connectivity index (χ1v) is 5.29. The van der Waals surface area contributed by atoms with Gasteiger partial charge in [0.2, 0.25) is 0 Å². The van der Waals surface area contributed by atoms with E-state index in [0.717, 1.165) is 29.1 Å². The number of fused-ring (bicyclic) bond motifs is 3. The third kappa shape index (κ3) is 2.24. The molecule has 0 spiro atoms. The summed E-state index contributed by atoms with van der Waals surface area (Å²) in [4.78, 5) is 13.4. The number of carboxylic acid groups (broad SMARTS) is 1. The van der Waals surface area contributed by atoms with Crippen molar-refractivity contribution in [3.05, 3.63) is 36.8 Å². The molecule has 3 rings (SSSR count). The Morgan fingerprint density at radius 1 is 1.33 bits per heavy atom. The van der Waals surface area contributed by atoms with Crippen molar-refractivity contribution in [2.45, 2.75) is 6.92 Å². The van der Waals surface area contributed by atoms with Crippen molar-refractivity contribution in [2.75, 3.05) is 5.73 Å². The molecule has 0 amide bonds. The lowest BCUT2D eigenvalue weighted by molar-refractivity contribution is -0.134. The van der Waals surface area contributed by atoms with E-state index >= 15 is 0 Å². The van der Waals surface area contributed by atoms with Crippen LogP contribution in [0.4, 0.5) is 5.69 Å². The molecule has 18 heavy (non-hydrogen) atoms. The highest BCUT2D eigenvalue weighted by Crippen LogP contribution is 2.34. The number of aliphatic carboxylic acids is 1. The van der Waals surface area contributed by atoms with Crippen LogP contribution in [0.5, 0.6) is 0 Å². The quantitative estimate of drug-likeness (QED) is 0.634. The zero-order valence-electron chi connectivity index (χ0n) is 9.75. The van der Waals surface area contributed by atoms with Gasteiger partial charge in [0.1, 0.15) is 18.2 Å². The van der Waals surface area contributed by atoms with Crippen LogP contribution in [0.15, 0.2) is 41.2 Å². The van der Waals surface area contributed by atoms with Crippen molar-refractivity contribution >= 4 is 22.6 Å². The Kier molecular flexibility index (Phi) is 3.14. The standard InChI is InChI=1S/C11H8N2O.C2H4O2/c12-8-5-14-6-10-11(8)7-3-1-2-4-9(7)13-10;1-2(3)4/h1-6H,12H2;1H3,(H,3,4). The number of anilines is 1. The van der Waals surface area contributed by atoms with Crippen LogP contribution < -0.4 is 5.73 Å². The maximum Gasteiger partial charge on any atom is 0.300 e. The molecule has 2 heterocycles. The van der Waals surface area contributed by atoms with Crippen molar-refractivity contribution in [1.29, 1.82) is 0 Å². The summed E-state index contributed by atoms with van der Waals surface area (Å²) < 4.78 is 5.06. The van der Waals surface area contributed by atoms with Crippen LogP contribution in [0, 0.1) is 0 Å². The highest BCUT2D eigenvalue weighted by molar-refractivity contribution is 6.01. The molecule has 2 aliphatic rings. The minimum absolute atomic E-state index is 0.635. The van der Waals surface area contributed by atoms with Crippen LogP contribution in [-0.2, 0) is 4.79 Å². The second-order valence-corrected chi connectivity index (χ2v) is 3.74. The molecule has 0 fully saturated rings. The van der Waals surface area contributed by atoms with E-state index in [4.69, 9.17) is 20.1 Å². The zero-order valence-corrected chi connectivity index (χ0v) is 9.75. The summed E-state index contributed by atoms with van der Waals surface area (Å²) in [5, 5.41) is 8.50. The van der Waals surface area contributed by atoms with E-state index in [2.05, 4.69) is 4.98 Å². The maximum absolute atomic E-state index is 9.00. The molecule has 0 aromatic heterocycles. The Morgan fingerprint density at radius 3 is 2.72 bits per heavy atom. The summed E-state index contributed by atoms with van der Waals surface area (Å²) in [7, 11) is 0. The molecular weight excluding hydrogens is 232 g/mol. The third-order valence-electron chi connectivity index (χ3n) is 2.33. The van der Waals surface area contributed by atoms with Gasteiger partial charge in [0.25, 0.3) is 5.97 Å². The highest BCUT2D eigenvalue weighted by Gasteiger charge is 2.14. The number of hydrogen-bond acceptors (Lipinski definition) is 4. The average molecular weight is 244 g/mol. The van der Waals surface area contributed by atoms with Crippen LogP contribution in [0.3, 0.4) is 0 Å². The second kappa shape index (κ2) is 4.75. The molecule has 0 radical (unpaired) electrons. The van der Waals surface area contributed by atoms with Gasteiger partial charge in [-0.1, -0.05) is 18.2 Å². The normalized spacial score (nSPS) is 10.1. The number of para-hydroxylation sites is 1. The topological polar surface area (TPSA) is 89.3 Å². The summed E-state index contributed by atoms with van der Waals surface area (Å²) in [6, 6.07) is 7.92. The van der Waals surface area contributed by atoms with Gasteiger partial charge in [0.15, 0.2) is 0 Å². The lowest BCUT2D eigenvalue weighted by Gasteiger charge is -1.99. The van der Waals surface area contributed by atoms with Crippen molar-refractivity contribution in [3.8, 4) is 11.3 Å². The minimum atomic E-state index is -0.833. The van der Waals surface area contributed by atoms with Crippen LogP contribution >= 0.6 is 0 Å². The van der Waals surface area contributed by atoms with E-state index in [9.17, 15) is 0 Å². The molecule has 5 nitrogen and oxygen atoms in total. The number of aromatic nitrogens is 1. The maximum atomic E-state index is 9.00. The number of nitrogens with zero attached hydrogens (tertiary/aromatic N) is 1. The Hall–Kier alpha value is -2.56. The first-order valence-electron chi connectivity index (χ1n) is 5.29. The van der Waals surface area contributed by atoms with Gasteiger partial charge in [-0.25, -0.2) is 4.98 Å². The number of hydrogen-bond donors (Lipinski definition) is 2. The summed E-state index contributed by atoms with van der Waals surface area (Å²) in [5.41, 5.74) is 9.21. The van der Waals surface area contributed by atoms with E-state index < -0.39 is 5.97 Å². The van der Waals surface area contributed by atoms with E-state index in [-0.39, 0.29) is 0 Å². The van der Waals surface area contributed by atoms with Gasteiger partial charge >= 0.3 is 0 Å². The van der Waals surface area contributed by atoms with Crippen LogP contribution in [0.2, 0.25) is 0 Å². The van der Waals surface area contributed by atoms with Gasteiger partial charge in [-0.05, 0) is 6.07 Å². The molecule has 0 saturated carbocycles. The molecule has 3 N–H and O–H groups in total. The molecule has 92 valence electrons. The van der Waals surface area contributed by atoms with Crippen LogP contribution in [-0.4, -0.2) is 16.1 Å². The van der Waals surface area contributed by atoms with Crippen molar-refractivity contribution in [2.24, 2.45) is 0 Å². The Labute approximate surface area is 103 Å². The van der Waals surface area contributed by atoms with Crippen molar-refractivity contribution in [3.63, 3.8) is 0 Å². The van der Waals surface area contributed by atoms with Gasteiger partial charge in [-0.15, -0.1) is 0 Å². The Balaban J connectivity index is 0.000000267. The fraction of sp³-hybridized carbons (Fsp3) is 0.0769. The predicted octanol–water partition coefficient (Wildman–Crippen LogP) is 2.61. The van der Waals surface area contributed by atoms with Gasteiger partial charge in [0.05, 0.1) is 11.2 Å². The first kappa shape index (κ1) is 11.9. The second-order valence-electron chi connectivity index (χ2n) is 3.74. The van der Waals surface area contributed by atoms with Gasteiger partial charge in [-0.2, -0.15) is 0 Å². The molecule has 0 saturated heterocycles. The number of benzene rings is 1. The largest absolute Gasteiger partial charge is 0.481 e. The number of carboxylic acids is 1. The SMILES string of the molecule is CC(=O)O.Nc1cocc2nc3ccccc3c1-2. The van der Waals surface area contributed by atoms with Crippen molar-refractivity contribution < 1.29 is 14.3 Å². The van der Waals surface area contributed by atoms with Gasteiger partial charge < -0.3 is 15.3 Å². The van der Waals surface area contributed by atoms with Crippen LogP contribution in [0.25, 0.3) is 22.2 Å². The molecule has 2 aliphatic heterocycles. The summed E-state index contributed by atoms with van der Waals surface area (Å²) in [5.74, 6) is -0.833. The van der Waals surface area contributed by atoms with Crippen LogP contribution in [0.1, 0.15) is 6.92 Å². The number of nitrogen functional groups attached to an aromatic ring is 1. The monoisotopic (exact) mass is 244 g/mol. The molecule has 1 aromatic carbocycles. The van der Waals surface area contributed by atoms with E-state index in [1.54, 1.807) is 6.26 Å². The molecule has 0 aliphatic carbocycles. The fourth-order valence-electron chi connectivity index (χ4n) is 1.73. The first-order chi connectivity index (χ1) is 8.59. The molecular formula is C13H12N2O3.